The van der Waals surface area contributed by atoms with E-state index in [9.17, 15) is 14.0 Å². The van der Waals surface area contributed by atoms with Crippen LogP contribution in [0, 0.1) is 5.82 Å². The van der Waals surface area contributed by atoms with E-state index >= 15 is 0 Å². The van der Waals surface area contributed by atoms with Gasteiger partial charge in [0.1, 0.15) is 11.9 Å². The van der Waals surface area contributed by atoms with Gasteiger partial charge in [-0.15, -0.1) is 0 Å². The zero-order valence-electron chi connectivity index (χ0n) is 16.9. The van der Waals surface area contributed by atoms with Crippen LogP contribution in [0.3, 0.4) is 0 Å². The number of carbonyl (C=O) groups excluding carboxylic acids is 2. The highest BCUT2D eigenvalue weighted by Crippen LogP contribution is 2.34. The molecule has 1 aliphatic heterocycles. The third kappa shape index (κ3) is 4.62. The third-order valence-electron chi connectivity index (χ3n) is 5.51. The van der Waals surface area contributed by atoms with Crippen LogP contribution in [0.5, 0.6) is 0 Å². The standard InChI is InChI=1S/C24H23FN4O2/c25-19-4-1-3-18(15-19)21-5-2-14-29(21)24(31)22(26)16-6-8-17(9-7-16)23(30)28-20-10-12-27-13-11-20/h1,3-4,6-13,15,21-22H,2,5,14,26H2,(H,27,28,30). The predicted octanol–water partition coefficient (Wildman–Crippen LogP) is 3.84. The highest BCUT2D eigenvalue weighted by molar-refractivity contribution is 6.04. The van der Waals surface area contributed by atoms with Crippen LogP contribution in [0.25, 0.3) is 0 Å². The van der Waals surface area contributed by atoms with E-state index in [0.29, 0.717) is 23.4 Å². The number of halogens is 1. The Hall–Kier alpha value is -3.58. The molecule has 1 fully saturated rings. The lowest BCUT2D eigenvalue weighted by atomic mass is 10.0. The summed E-state index contributed by atoms with van der Waals surface area (Å²) in [6, 6.07) is 15.4. The predicted molar refractivity (Wildman–Crippen MR) is 116 cm³/mol. The van der Waals surface area contributed by atoms with Crippen molar-refractivity contribution in [2.45, 2.75) is 24.9 Å². The van der Waals surface area contributed by atoms with Crippen molar-refractivity contribution in [2.24, 2.45) is 5.73 Å². The Morgan fingerprint density at radius 2 is 1.84 bits per heavy atom. The summed E-state index contributed by atoms with van der Waals surface area (Å²) in [6.07, 6.45) is 4.81. The lowest BCUT2D eigenvalue weighted by Crippen LogP contribution is -2.38. The first kappa shape index (κ1) is 20.7. The molecular formula is C24H23FN4O2. The van der Waals surface area contributed by atoms with E-state index in [-0.39, 0.29) is 23.7 Å². The molecule has 1 aliphatic rings. The number of nitrogens with one attached hydrogen (secondary N) is 1. The summed E-state index contributed by atoms with van der Waals surface area (Å²) >= 11 is 0. The highest BCUT2D eigenvalue weighted by atomic mass is 19.1. The number of hydrogen-bond acceptors (Lipinski definition) is 4. The smallest absolute Gasteiger partial charge is 0.255 e. The molecule has 0 aliphatic carbocycles. The van der Waals surface area contributed by atoms with Gasteiger partial charge in [0.2, 0.25) is 5.91 Å². The number of likely N-dealkylation sites (tertiary alicyclic amines) is 1. The molecule has 0 saturated carbocycles. The number of hydrogen-bond donors (Lipinski definition) is 2. The van der Waals surface area contributed by atoms with E-state index in [4.69, 9.17) is 5.73 Å². The molecule has 7 heteroatoms. The first-order valence-corrected chi connectivity index (χ1v) is 10.2. The van der Waals surface area contributed by atoms with E-state index in [1.807, 2.05) is 6.07 Å². The lowest BCUT2D eigenvalue weighted by molar-refractivity contribution is -0.133. The second-order valence-electron chi connectivity index (χ2n) is 7.53. The maximum absolute atomic E-state index is 13.6. The van der Waals surface area contributed by atoms with Crippen LogP contribution in [-0.2, 0) is 4.79 Å². The van der Waals surface area contributed by atoms with Gasteiger partial charge in [-0.3, -0.25) is 14.6 Å². The Kier molecular flexibility index (Phi) is 6.04. The van der Waals surface area contributed by atoms with Crippen LogP contribution in [0.4, 0.5) is 10.1 Å². The Morgan fingerprint density at radius 1 is 1.10 bits per heavy atom. The molecule has 2 unspecified atom stereocenters. The van der Waals surface area contributed by atoms with Crippen LogP contribution in [0.2, 0.25) is 0 Å². The van der Waals surface area contributed by atoms with Gasteiger partial charge in [-0.1, -0.05) is 24.3 Å². The molecule has 0 spiro atoms. The van der Waals surface area contributed by atoms with Gasteiger partial charge in [-0.05, 0) is 60.4 Å². The Labute approximate surface area is 179 Å². The number of aromatic nitrogens is 1. The van der Waals surface area contributed by atoms with Crippen LogP contribution in [-0.4, -0.2) is 28.2 Å². The molecule has 2 heterocycles. The molecular weight excluding hydrogens is 395 g/mol. The molecule has 2 amide bonds. The molecule has 31 heavy (non-hydrogen) atoms. The van der Waals surface area contributed by atoms with Crippen molar-refractivity contribution in [1.82, 2.24) is 9.88 Å². The molecule has 6 nitrogen and oxygen atoms in total. The molecule has 2 atom stereocenters. The van der Waals surface area contributed by atoms with E-state index in [1.54, 1.807) is 59.8 Å². The maximum atomic E-state index is 13.6. The molecule has 2 aromatic carbocycles. The number of rotatable bonds is 5. The van der Waals surface area contributed by atoms with Crippen molar-refractivity contribution in [3.8, 4) is 0 Å². The number of nitrogens with zero attached hydrogens (tertiary/aromatic N) is 2. The molecule has 0 bridgehead atoms. The average molecular weight is 418 g/mol. The summed E-state index contributed by atoms with van der Waals surface area (Å²) in [5.74, 6) is -0.786. The quantitative estimate of drug-likeness (QED) is 0.659. The molecule has 1 saturated heterocycles. The molecule has 0 radical (unpaired) electrons. The van der Waals surface area contributed by atoms with Gasteiger partial charge < -0.3 is 16.0 Å². The van der Waals surface area contributed by atoms with Crippen molar-refractivity contribution in [3.05, 3.63) is 95.6 Å². The van der Waals surface area contributed by atoms with E-state index < -0.39 is 6.04 Å². The Balaban J connectivity index is 1.45. The number of nitrogens with two attached hydrogens (primary N) is 1. The lowest BCUT2D eigenvalue weighted by Gasteiger charge is -2.28. The minimum absolute atomic E-state index is 0.181. The molecule has 158 valence electrons. The van der Waals surface area contributed by atoms with Crippen molar-refractivity contribution < 1.29 is 14.0 Å². The van der Waals surface area contributed by atoms with Gasteiger partial charge in [-0.25, -0.2) is 4.39 Å². The van der Waals surface area contributed by atoms with Crippen LogP contribution < -0.4 is 11.1 Å². The fourth-order valence-corrected chi connectivity index (χ4v) is 3.89. The van der Waals surface area contributed by atoms with E-state index in [2.05, 4.69) is 10.3 Å². The molecule has 4 rings (SSSR count). The van der Waals surface area contributed by atoms with E-state index in [0.717, 1.165) is 18.4 Å². The van der Waals surface area contributed by atoms with Crippen molar-refractivity contribution >= 4 is 17.5 Å². The summed E-state index contributed by atoms with van der Waals surface area (Å²) in [5, 5.41) is 2.79. The second kappa shape index (κ2) is 9.06. The summed E-state index contributed by atoms with van der Waals surface area (Å²) in [5.41, 5.74) is 8.77. The van der Waals surface area contributed by atoms with Gasteiger partial charge >= 0.3 is 0 Å². The fourth-order valence-electron chi connectivity index (χ4n) is 3.89. The number of pyridine rings is 1. The van der Waals surface area contributed by atoms with Crippen molar-refractivity contribution in [2.75, 3.05) is 11.9 Å². The third-order valence-corrected chi connectivity index (χ3v) is 5.51. The monoisotopic (exact) mass is 418 g/mol. The first-order chi connectivity index (χ1) is 15.0. The fraction of sp³-hybridized carbons (Fsp3) is 0.208. The summed E-state index contributed by atoms with van der Waals surface area (Å²) in [4.78, 5) is 31.1. The van der Waals surface area contributed by atoms with Gasteiger partial charge in [0, 0.05) is 30.2 Å². The second-order valence-corrected chi connectivity index (χ2v) is 7.53. The molecule has 1 aromatic heterocycles. The van der Waals surface area contributed by atoms with Gasteiger partial charge in [0.25, 0.3) is 5.91 Å². The summed E-state index contributed by atoms with van der Waals surface area (Å²) in [7, 11) is 0. The van der Waals surface area contributed by atoms with Crippen molar-refractivity contribution in [1.29, 1.82) is 0 Å². The average Bonchev–Trinajstić information content (AvgIpc) is 3.29. The SMILES string of the molecule is NC(C(=O)N1CCCC1c1cccc(F)c1)c1ccc(C(=O)Nc2ccncc2)cc1. The summed E-state index contributed by atoms with van der Waals surface area (Å²) < 4.78 is 13.6. The Bertz CT molecular complexity index is 1070. The number of benzene rings is 2. The molecule has 3 aromatic rings. The minimum Gasteiger partial charge on any atom is -0.334 e. The number of carbonyl (C=O) groups is 2. The number of amides is 2. The van der Waals surface area contributed by atoms with E-state index in [1.165, 1.54) is 12.1 Å². The highest BCUT2D eigenvalue weighted by Gasteiger charge is 2.33. The minimum atomic E-state index is -0.855. The summed E-state index contributed by atoms with van der Waals surface area (Å²) in [6.45, 7) is 0.583. The zero-order chi connectivity index (χ0) is 21.8. The van der Waals surface area contributed by atoms with Gasteiger partial charge in [0.15, 0.2) is 0 Å². The van der Waals surface area contributed by atoms with Gasteiger partial charge in [-0.2, -0.15) is 0 Å². The molecule has 3 N–H and O–H groups in total. The number of anilines is 1. The first-order valence-electron chi connectivity index (χ1n) is 10.2. The van der Waals surface area contributed by atoms with Gasteiger partial charge in [0.05, 0.1) is 6.04 Å². The van der Waals surface area contributed by atoms with Crippen LogP contribution in [0.1, 0.15) is 46.4 Å². The maximum Gasteiger partial charge on any atom is 0.255 e. The topological polar surface area (TPSA) is 88.3 Å². The largest absolute Gasteiger partial charge is 0.334 e. The van der Waals surface area contributed by atoms with Crippen LogP contribution in [0.15, 0.2) is 73.1 Å². The normalized spacial score (nSPS) is 16.7. The Morgan fingerprint density at radius 3 is 2.55 bits per heavy atom. The zero-order valence-corrected chi connectivity index (χ0v) is 16.9. The van der Waals surface area contributed by atoms with Crippen molar-refractivity contribution in [3.63, 3.8) is 0 Å². The van der Waals surface area contributed by atoms with Crippen LogP contribution >= 0.6 is 0 Å².